The Kier molecular flexibility index (Phi) is 9.70. The number of hydrogen-bond donors (Lipinski definition) is 1. The summed E-state index contributed by atoms with van der Waals surface area (Å²) in [6.07, 6.45) is 14.6. The molecule has 0 spiro atoms. The highest BCUT2D eigenvalue weighted by Gasteiger charge is 2.51. The molecule has 0 aliphatic heterocycles. The van der Waals surface area contributed by atoms with Gasteiger partial charge in [-0.1, -0.05) is 50.5 Å². The molecule has 2 amide bonds. The van der Waals surface area contributed by atoms with Crippen molar-refractivity contribution in [3.8, 4) is 5.75 Å². The number of amides is 2. The second-order valence-electron chi connectivity index (χ2n) is 14.7. The second kappa shape index (κ2) is 13.6. The molecule has 1 N–H and O–H groups in total. The van der Waals surface area contributed by atoms with Crippen LogP contribution in [-0.4, -0.2) is 57.1 Å². The zero-order valence-electron chi connectivity index (χ0n) is 27.7. The molecule has 2 aromatic carbocycles. The zero-order chi connectivity index (χ0) is 32.5. The Morgan fingerprint density at radius 3 is 2.02 bits per heavy atom. The van der Waals surface area contributed by atoms with Gasteiger partial charge in [0, 0.05) is 12.6 Å². The van der Waals surface area contributed by atoms with Crippen molar-refractivity contribution in [1.82, 2.24) is 10.2 Å². The third-order valence-corrected chi connectivity index (χ3v) is 12.5. The van der Waals surface area contributed by atoms with Crippen LogP contribution in [0.4, 0.5) is 5.69 Å². The number of anilines is 1. The minimum atomic E-state index is -3.79. The lowest BCUT2D eigenvalue weighted by Crippen LogP contribution is -2.54. The third kappa shape index (κ3) is 7.09. The molecule has 0 radical (unpaired) electrons. The minimum Gasteiger partial charge on any atom is -0.497 e. The van der Waals surface area contributed by atoms with E-state index >= 15 is 0 Å². The fourth-order valence-corrected chi connectivity index (χ4v) is 10.3. The monoisotopic (exact) mass is 649 g/mol. The number of nitrogens with one attached hydrogen (secondary N) is 1. The van der Waals surface area contributed by atoms with E-state index in [4.69, 9.17) is 4.74 Å². The van der Waals surface area contributed by atoms with Crippen LogP contribution in [0.3, 0.4) is 0 Å². The lowest BCUT2D eigenvalue weighted by molar-refractivity contribution is -0.140. The molecular formula is C37H51N3O5S. The number of methoxy groups -OCH3 is 1. The normalized spacial score (nSPS) is 26.4. The maximum absolute atomic E-state index is 14.2. The zero-order valence-corrected chi connectivity index (χ0v) is 28.6. The summed E-state index contributed by atoms with van der Waals surface area (Å²) >= 11 is 0. The molecule has 5 saturated carbocycles. The number of nitrogens with zero attached hydrogens (tertiary/aromatic N) is 2. The van der Waals surface area contributed by atoms with Crippen LogP contribution >= 0.6 is 0 Å². The van der Waals surface area contributed by atoms with Gasteiger partial charge >= 0.3 is 0 Å². The van der Waals surface area contributed by atoms with Gasteiger partial charge in [0.2, 0.25) is 21.8 Å². The van der Waals surface area contributed by atoms with Crippen LogP contribution in [0.1, 0.15) is 95.1 Å². The lowest BCUT2D eigenvalue weighted by atomic mass is 9.48. The SMILES string of the molecule is CCC(C(=O)NC1CCCCC1)N(Cc1ccc(OC)cc1)C(=O)CN(c1ccc(C23CC4CC(CC(C4)C2)C3)cc1)S(C)(=O)=O. The highest BCUT2D eigenvalue weighted by atomic mass is 32.2. The van der Waals surface area contributed by atoms with Crippen molar-refractivity contribution in [2.45, 2.75) is 108 Å². The van der Waals surface area contributed by atoms with Crippen LogP contribution in [0.15, 0.2) is 48.5 Å². The van der Waals surface area contributed by atoms with E-state index in [1.165, 1.54) is 54.8 Å². The van der Waals surface area contributed by atoms with E-state index in [1.807, 2.05) is 43.3 Å². The first-order chi connectivity index (χ1) is 22.1. The molecular weight excluding hydrogens is 598 g/mol. The Bertz CT molecular complexity index is 1450. The number of hydrogen-bond acceptors (Lipinski definition) is 5. The molecule has 4 bridgehead atoms. The maximum atomic E-state index is 14.2. The summed E-state index contributed by atoms with van der Waals surface area (Å²) in [5.74, 6) is 2.56. The smallest absolute Gasteiger partial charge is 0.244 e. The predicted octanol–water partition coefficient (Wildman–Crippen LogP) is 6.19. The number of ether oxygens (including phenoxy) is 1. The minimum absolute atomic E-state index is 0.105. The molecule has 2 aromatic rings. The number of sulfonamides is 1. The van der Waals surface area contributed by atoms with E-state index in [0.29, 0.717) is 17.9 Å². The van der Waals surface area contributed by atoms with Crippen LogP contribution in [0.2, 0.25) is 0 Å². The molecule has 7 rings (SSSR count). The molecule has 5 aliphatic carbocycles. The van der Waals surface area contributed by atoms with Crippen LogP contribution < -0.4 is 14.4 Å². The number of rotatable bonds is 12. The molecule has 5 fully saturated rings. The van der Waals surface area contributed by atoms with Gasteiger partial charge in [-0.25, -0.2) is 8.42 Å². The van der Waals surface area contributed by atoms with Gasteiger partial charge in [-0.2, -0.15) is 0 Å². The molecule has 0 aromatic heterocycles. The van der Waals surface area contributed by atoms with Crippen molar-refractivity contribution >= 4 is 27.5 Å². The largest absolute Gasteiger partial charge is 0.497 e. The third-order valence-electron chi connectivity index (χ3n) is 11.3. The van der Waals surface area contributed by atoms with E-state index in [-0.39, 0.29) is 30.5 Å². The molecule has 1 unspecified atom stereocenters. The van der Waals surface area contributed by atoms with Crippen LogP contribution in [-0.2, 0) is 31.6 Å². The van der Waals surface area contributed by atoms with Gasteiger partial charge in [0.15, 0.2) is 0 Å². The molecule has 8 nitrogen and oxygen atoms in total. The average Bonchev–Trinajstić information content (AvgIpc) is 3.03. The molecule has 5 aliphatic rings. The van der Waals surface area contributed by atoms with Gasteiger partial charge in [0.1, 0.15) is 18.3 Å². The van der Waals surface area contributed by atoms with E-state index in [9.17, 15) is 18.0 Å². The van der Waals surface area contributed by atoms with Gasteiger partial charge in [0.05, 0.1) is 19.1 Å². The fraction of sp³-hybridized carbons (Fsp3) is 0.622. The predicted molar refractivity (Wildman–Crippen MR) is 181 cm³/mol. The van der Waals surface area contributed by atoms with Crippen molar-refractivity contribution < 1.29 is 22.7 Å². The first-order valence-corrected chi connectivity index (χ1v) is 19.2. The second-order valence-corrected chi connectivity index (χ2v) is 16.6. The molecule has 250 valence electrons. The first-order valence-electron chi connectivity index (χ1n) is 17.4. The molecule has 0 heterocycles. The van der Waals surface area contributed by atoms with Crippen molar-refractivity contribution in [2.24, 2.45) is 17.8 Å². The highest BCUT2D eigenvalue weighted by molar-refractivity contribution is 7.92. The molecule has 1 atom stereocenters. The van der Waals surface area contributed by atoms with Gasteiger partial charge in [-0.05, 0) is 116 Å². The van der Waals surface area contributed by atoms with Gasteiger partial charge in [-0.15, -0.1) is 0 Å². The van der Waals surface area contributed by atoms with Crippen molar-refractivity contribution in [3.63, 3.8) is 0 Å². The molecule has 9 heteroatoms. The Morgan fingerprint density at radius 1 is 0.913 bits per heavy atom. The number of carbonyl (C=O) groups is 2. The summed E-state index contributed by atoms with van der Waals surface area (Å²) in [6, 6.07) is 14.8. The van der Waals surface area contributed by atoms with Crippen molar-refractivity contribution in [3.05, 3.63) is 59.7 Å². The number of benzene rings is 2. The Labute approximate surface area is 275 Å². The van der Waals surface area contributed by atoms with Crippen molar-refractivity contribution in [1.29, 1.82) is 0 Å². The highest BCUT2D eigenvalue weighted by Crippen LogP contribution is 2.60. The van der Waals surface area contributed by atoms with E-state index in [1.54, 1.807) is 12.0 Å². The van der Waals surface area contributed by atoms with E-state index in [0.717, 1.165) is 55.3 Å². The number of carbonyl (C=O) groups excluding carboxylic acids is 2. The van der Waals surface area contributed by atoms with Crippen LogP contribution in [0, 0.1) is 17.8 Å². The average molecular weight is 650 g/mol. The summed E-state index contributed by atoms with van der Waals surface area (Å²) in [4.78, 5) is 29.4. The van der Waals surface area contributed by atoms with E-state index < -0.39 is 22.0 Å². The first kappa shape index (κ1) is 32.9. The van der Waals surface area contributed by atoms with E-state index in [2.05, 4.69) is 17.4 Å². The Balaban J connectivity index is 1.24. The summed E-state index contributed by atoms with van der Waals surface area (Å²) in [5, 5.41) is 3.20. The quantitative estimate of drug-likeness (QED) is 0.296. The van der Waals surface area contributed by atoms with Gasteiger partial charge < -0.3 is 15.0 Å². The maximum Gasteiger partial charge on any atom is 0.244 e. The molecule has 0 saturated heterocycles. The van der Waals surface area contributed by atoms with Crippen LogP contribution in [0.5, 0.6) is 5.75 Å². The summed E-state index contributed by atoms with van der Waals surface area (Å²) in [5.41, 5.74) is 2.83. The lowest BCUT2D eigenvalue weighted by Gasteiger charge is -2.57. The van der Waals surface area contributed by atoms with Gasteiger partial charge in [0.25, 0.3) is 0 Å². The summed E-state index contributed by atoms with van der Waals surface area (Å²) in [7, 11) is -2.19. The van der Waals surface area contributed by atoms with Crippen molar-refractivity contribution in [2.75, 3.05) is 24.2 Å². The Hall–Kier alpha value is -3.07. The van der Waals surface area contributed by atoms with Crippen LogP contribution in [0.25, 0.3) is 0 Å². The standard InChI is InChI=1S/C37H51N3O5S/c1-4-34(36(42)38-31-8-6-5-7-9-31)39(24-26-10-16-33(45-2)17-11-26)35(41)25-40(46(3,43)44)32-14-12-30(13-15-32)37-21-27-18-28(22-37)20-29(19-27)23-37/h10-17,27-29,31,34H,4-9,18-25H2,1-3H3,(H,38,42). The topological polar surface area (TPSA) is 96.0 Å². The van der Waals surface area contributed by atoms with Gasteiger partial charge in [-0.3, -0.25) is 13.9 Å². The Morgan fingerprint density at radius 2 is 1.50 bits per heavy atom. The fourth-order valence-electron chi connectivity index (χ4n) is 9.45. The summed E-state index contributed by atoms with van der Waals surface area (Å²) < 4.78 is 33.0. The summed E-state index contributed by atoms with van der Waals surface area (Å²) in [6.45, 7) is 1.71. The molecule has 46 heavy (non-hydrogen) atoms.